The van der Waals surface area contributed by atoms with Crippen LogP contribution in [0.1, 0.15) is 23.3 Å². The molecule has 2 aromatic rings. The first kappa shape index (κ1) is 14.5. The minimum Gasteiger partial charge on any atom is -0.341 e. The van der Waals surface area contributed by atoms with Gasteiger partial charge < -0.3 is 9.80 Å². The number of carbonyl (C=O) groups excluding carboxylic acids is 2. The van der Waals surface area contributed by atoms with Crippen LogP contribution in [0.2, 0.25) is 0 Å². The van der Waals surface area contributed by atoms with E-state index in [0.717, 1.165) is 23.9 Å². The van der Waals surface area contributed by atoms with Crippen molar-refractivity contribution in [2.24, 2.45) is 0 Å². The average molecular weight is 297 g/mol. The lowest BCUT2D eigenvalue weighted by atomic mass is 10.2. The largest absolute Gasteiger partial charge is 0.341 e. The van der Waals surface area contributed by atoms with Gasteiger partial charge >= 0.3 is 0 Å². The van der Waals surface area contributed by atoms with E-state index in [0.29, 0.717) is 25.2 Å². The van der Waals surface area contributed by atoms with E-state index in [1.807, 2.05) is 35.2 Å². The molecule has 0 spiro atoms. The fourth-order valence-electron chi connectivity index (χ4n) is 2.69. The third kappa shape index (κ3) is 2.93. The van der Waals surface area contributed by atoms with Gasteiger partial charge in [-0.3, -0.25) is 9.59 Å². The number of benzene rings is 1. The third-order valence-corrected chi connectivity index (χ3v) is 4.04. The highest BCUT2D eigenvalue weighted by Crippen LogP contribution is 2.13. The third-order valence-electron chi connectivity index (χ3n) is 4.04. The van der Waals surface area contributed by atoms with E-state index in [9.17, 15) is 9.59 Å². The predicted molar refractivity (Wildman–Crippen MR) is 84.5 cm³/mol. The Bertz CT molecular complexity index is 714. The summed E-state index contributed by atoms with van der Waals surface area (Å²) in [5, 5.41) is 1.02. The summed E-state index contributed by atoms with van der Waals surface area (Å²) >= 11 is 0. The summed E-state index contributed by atoms with van der Waals surface area (Å²) in [7, 11) is 1.75. The monoisotopic (exact) mass is 297 g/mol. The lowest BCUT2D eigenvalue weighted by molar-refractivity contribution is -0.127. The molecule has 1 fully saturated rings. The zero-order chi connectivity index (χ0) is 15.5. The lowest BCUT2D eigenvalue weighted by Crippen LogP contribution is -2.37. The quantitative estimate of drug-likeness (QED) is 0.866. The van der Waals surface area contributed by atoms with E-state index in [1.165, 1.54) is 0 Å². The summed E-state index contributed by atoms with van der Waals surface area (Å²) in [4.78, 5) is 31.9. The van der Waals surface area contributed by atoms with E-state index >= 15 is 0 Å². The molecule has 5 nitrogen and oxygen atoms in total. The Hall–Kier alpha value is -2.43. The molecule has 1 aliphatic heterocycles. The molecule has 5 heteroatoms. The number of amides is 2. The summed E-state index contributed by atoms with van der Waals surface area (Å²) in [5.41, 5.74) is 1.26. The summed E-state index contributed by atoms with van der Waals surface area (Å²) in [6, 6.07) is 11.4. The highest BCUT2D eigenvalue weighted by Gasteiger charge is 2.21. The number of hydrogen-bond donors (Lipinski definition) is 0. The van der Waals surface area contributed by atoms with E-state index in [4.69, 9.17) is 0 Å². The highest BCUT2D eigenvalue weighted by molar-refractivity contribution is 5.94. The van der Waals surface area contributed by atoms with E-state index in [1.54, 1.807) is 18.0 Å². The van der Waals surface area contributed by atoms with Gasteiger partial charge in [0, 0.05) is 38.5 Å². The average Bonchev–Trinajstić information content (AvgIpc) is 2.96. The molecule has 0 atom stereocenters. The van der Waals surface area contributed by atoms with Gasteiger partial charge in [-0.2, -0.15) is 0 Å². The Morgan fingerprint density at radius 3 is 2.86 bits per heavy atom. The Balaban J connectivity index is 1.67. The van der Waals surface area contributed by atoms with Crippen LogP contribution in [-0.2, 0) is 4.79 Å². The van der Waals surface area contributed by atoms with Crippen molar-refractivity contribution in [1.82, 2.24) is 14.8 Å². The summed E-state index contributed by atoms with van der Waals surface area (Å²) in [5.74, 6) is 0.0714. The van der Waals surface area contributed by atoms with Crippen LogP contribution < -0.4 is 0 Å². The second-order valence-corrected chi connectivity index (χ2v) is 5.60. The van der Waals surface area contributed by atoms with Gasteiger partial charge in [0.05, 0.1) is 5.52 Å². The van der Waals surface area contributed by atoms with Gasteiger partial charge in [-0.05, 0) is 18.6 Å². The number of aromatic nitrogens is 1. The summed E-state index contributed by atoms with van der Waals surface area (Å²) < 4.78 is 0. The maximum Gasteiger partial charge on any atom is 0.272 e. The second kappa shape index (κ2) is 6.13. The van der Waals surface area contributed by atoms with Crippen LogP contribution in [0.25, 0.3) is 10.9 Å². The highest BCUT2D eigenvalue weighted by atomic mass is 16.2. The van der Waals surface area contributed by atoms with Crippen LogP contribution in [0, 0.1) is 0 Å². The van der Waals surface area contributed by atoms with Crippen LogP contribution in [0.3, 0.4) is 0 Å². The fourth-order valence-corrected chi connectivity index (χ4v) is 2.69. The van der Waals surface area contributed by atoms with Crippen molar-refractivity contribution < 1.29 is 9.59 Å². The van der Waals surface area contributed by atoms with Crippen molar-refractivity contribution in [3.8, 4) is 0 Å². The van der Waals surface area contributed by atoms with Crippen molar-refractivity contribution >= 4 is 22.7 Å². The minimum absolute atomic E-state index is 0.114. The number of nitrogens with zero attached hydrogens (tertiary/aromatic N) is 3. The number of rotatable bonds is 4. The van der Waals surface area contributed by atoms with E-state index < -0.39 is 0 Å². The summed E-state index contributed by atoms with van der Waals surface area (Å²) in [6.45, 7) is 1.92. The van der Waals surface area contributed by atoms with Gasteiger partial charge in [0.25, 0.3) is 5.91 Å². The molecule has 0 saturated carbocycles. The predicted octanol–water partition coefficient (Wildman–Crippen LogP) is 1.93. The number of pyridine rings is 1. The van der Waals surface area contributed by atoms with Crippen molar-refractivity contribution in [2.75, 3.05) is 26.7 Å². The van der Waals surface area contributed by atoms with Gasteiger partial charge in [0.15, 0.2) is 0 Å². The number of para-hydroxylation sites is 1. The zero-order valence-electron chi connectivity index (χ0n) is 12.7. The van der Waals surface area contributed by atoms with Crippen LogP contribution in [0.15, 0.2) is 36.4 Å². The van der Waals surface area contributed by atoms with Crippen molar-refractivity contribution in [1.29, 1.82) is 0 Å². The van der Waals surface area contributed by atoms with Crippen LogP contribution >= 0.6 is 0 Å². The standard InChI is InChI=1S/C17H19N3O2/c1-19(11-12-20-10-4-7-16(20)21)17(22)15-9-8-13-5-2-3-6-14(13)18-15/h2-3,5-6,8-9H,4,7,10-12H2,1H3. The molecule has 0 unspecified atom stereocenters. The van der Waals surface area contributed by atoms with E-state index in [-0.39, 0.29) is 11.8 Å². The zero-order valence-corrected chi connectivity index (χ0v) is 12.7. The molecule has 1 aromatic carbocycles. The van der Waals surface area contributed by atoms with Gasteiger partial charge in [-0.25, -0.2) is 4.98 Å². The van der Waals surface area contributed by atoms with Gasteiger partial charge in [-0.15, -0.1) is 0 Å². The van der Waals surface area contributed by atoms with Crippen LogP contribution in [0.4, 0.5) is 0 Å². The molecular weight excluding hydrogens is 278 g/mol. The molecule has 0 N–H and O–H groups in total. The normalized spacial score (nSPS) is 14.6. The van der Waals surface area contributed by atoms with E-state index in [2.05, 4.69) is 4.98 Å². The number of fused-ring (bicyclic) bond motifs is 1. The molecule has 2 amide bonds. The lowest BCUT2D eigenvalue weighted by Gasteiger charge is -2.21. The molecule has 3 rings (SSSR count). The fraction of sp³-hybridized carbons (Fsp3) is 0.353. The van der Waals surface area contributed by atoms with Crippen molar-refractivity contribution in [3.63, 3.8) is 0 Å². The topological polar surface area (TPSA) is 53.5 Å². The Morgan fingerprint density at radius 2 is 2.09 bits per heavy atom. The molecule has 0 radical (unpaired) electrons. The number of likely N-dealkylation sites (tertiary alicyclic amines) is 1. The molecule has 1 aliphatic rings. The first-order chi connectivity index (χ1) is 10.6. The van der Waals surface area contributed by atoms with Crippen molar-refractivity contribution in [2.45, 2.75) is 12.8 Å². The molecule has 2 heterocycles. The summed E-state index contributed by atoms with van der Waals surface area (Å²) in [6.07, 6.45) is 1.55. The Morgan fingerprint density at radius 1 is 1.27 bits per heavy atom. The molecule has 1 aromatic heterocycles. The minimum atomic E-state index is -0.114. The molecule has 22 heavy (non-hydrogen) atoms. The van der Waals surface area contributed by atoms with Crippen LogP contribution in [-0.4, -0.2) is 53.3 Å². The first-order valence-corrected chi connectivity index (χ1v) is 7.54. The van der Waals surface area contributed by atoms with Gasteiger partial charge in [0.2, 0.25) is 5.91 Å². The number of carbonyl (C=O) groups is 2. The SMILES string of the molecule is CN(CCN1CCCC1=O)C(=O)c1ccc2ccccc2n1. The number of hydrogen-bond acceptors (Lipinski definition) is 3. The van der Waals surface area contributed by atoms with Gasteiger partial charge in [0.1, 0.15) is 5.69 Å². The molecule has 0 aliphatic carbocycles. The maximum absolute atomic E-state index is 12.4. The molecule has 0 bridgehead atoms. The smallest absolute Gasteiger partial charge is 0.272 e. The molecule has 1 saturated heterocycles. The molecule has 114 valence electrons. The number of likely N-dealkylation sites (N-methyl/N-ethyl adjacent to an activating group) is 1. The Labute approximate surface area is 129 Å². The maximum atomic E-state index is 12.4. The Kier molecular flexibility index (Phi) is 4.04. The molecular formula is C17H19N3O2. The second-order valence-electron chi connectivity index (χ2n) is 5.60. The van der Waals surface area contributed by atoms with Crippen LogP contribution in [0.5, 0.6) is 0 Å². The first-order valence-electron chi connectivity index (χ1n) is 7.54. The van der Waals surface area contributed by atoms with Crippen molar-refractivity contribution in [3.05, 3.63) is 42.1 Å². The van der Waals surface area contributed by atoms with Gasteiger partial charge in [-0.1, -0.05) is 24.3 Å².